The van der Waals surface area contributed by atoms with Crippen molar-refractivity contribution in [1.82, 2.24) is 5.32 Å². The Morgan fingerprint density at radius 2 is 2.29 bits per heavy atom. The number of hydrogen-bond acceptors (Lipinski definition) is 1. The van der Waals surface area contributed by atoms with E-state index in [1.807, 2.05) is 0 Å². The molecule has 1 nitrogen and oxygen atoms in total. The Bertz CT molecular complexity index is 109. The number of nitrogens with one attached hydrogen (secondary N) is 1. The van der Waals surface area contributed by atoms with Crippen LogP contribution in [0.4, 0.5) is 0 Å². The summed E-state index contributed by atoms with van der Waals surface area (Å²) in [6, 6.07) is 0. The first-order valence-electron chi connectivity index (χ1n) is 3.54. The molecule has 0 aromatic heterocycles. The molecular formula is C6H11N. The fourth-order valence-corrected chi connectivity index (χ4v) is 1.21. The molecule has 2 aliphatic rings. The summed E-state index contributed by atoms with van der Waals surface area (Å²) in [6.45, 7) is 1.17. The summed E-state index contributed by atoms with van der Waals surface area (Å²) in [6.07, 6.45) is 3.84. The zero-order chi connectivity index (χ0) is 5.61. The summed E-state index contributed by atoms with van der Waals surface area (Å²) in [4.78, 5) is 0. The minimum atomic E-state index is 0.0532. The fourth-order valence-electron chi connectivity index (χ4n) is 1.21. The van der Waals surface area contributed by atoms with Gasteiger partial charge in [0.25, 0.3) is 0 Å². The molecule has 1 saturated carbocycles. The Morgan fingerprint density at radius 1 is 1.43 bits per heavy atom. The Labute approximate surface area is 45.5 Å². The Kier molecular flexibility index (Phi) is 0.451. The molecule has 0 aromatic carbocycles. The maximum absolute atomic E-state index is 7.32. The van der Waals surface area contributed by atoms with Crippen LogP contribution in [0.3, 0.4) is 0 Å². The van der Waals surface area contributed by atoms with Crippen LogP contribution in [-0.2, 0) is 0 Å². The van der Waals surface area contributed by atoms with Gasteiger partial charge in [-0.05, 0) is 31.2 Å². The van der Waals surface area contributed by atoms with Crippen LogP contribution >= 0.6 is 0 Å². The van der Waals surface area contributed by atoms with E-state index in [2.05, 4.69) is 5.32 Å². The molecule has 1 spiro atoms. The topological polar surface area (TPSA) is 12.0 Å². The Balaban J connectivity index is 2.03. The van der Waals surface area contributed by atoms with Crippen molar-refractivity contribution < 1.29 is 1.37 Å². The maximum atomic E-state index is 7.32. The van der Waals surface area contributed by atoms with E-state index in [0.717, 1.165) is 13.0 Å². The highest BCUT2D eigenvalue weighted by atomic mass is 14.9. The summed E-state index contributed by atoms with van der Waals surface area (Å²) in [5.74, 6) is 0. The lowest BCUT2D eigenvalue weighted by Gasteiger charge is -1.96. The second kappa shape index (κ2) is 1.03. The van der Waals surface area contributed by atoms with E-state index in [-0.39, 0.29) is 6.52 Å². The van der Waals surface area contributed by atoms with E-state index in [4.69, 9.17) is 1.37 Å². The van der Waals surface area contributed by atoms with Gasteiger partial charge in [-0.3, -0.25) is 0 Å². The van der Waals surface area contributed by atoms with Crippen LogP contribution < -0.4 is 5.32 Å². The van der Waals surface area contributed by atoms with Crippen molar-refractivity contribution in [3.8, 4) is 0 Å². The lowest BCUT2D eigenvalue weighted by atomic mass is 10.1. The van der Waals surface area contributed by atoms with Crippen molar-refractivity contribution in [3.63, 3.8) is 0 Å². The first-order chi connectivity index (χ1) is 3.81. The van der Waals surface area contributed by atoms with Gasteiger partial charge in [0.15, 0.2) is 0 Å². The monoisotopic (exact) mass is 98.1 g/mol. The minimum absolute atomic E-state index is 0.0532. The van der Waals surface area contributed by atoms with E-state index >= 15 is 0 Å². The molecule has 1 heteroatoms. The van der Waals surface area contributed by atoms with E-state index in [1.54, 1.807) is 0 Å². The number of rotatable bonds is 0. The van der Waals surface area contributed by atoms with Crippen molar-refractivity contribution in [3.05, 3.63) is 0 Å². The summed E-state index contributed by atoms with van der Waals surface area (Å²) < 4.78 is 7.32. The molecule has 2 fully saturated rings. The molecule has 2 rings (SSSR count). The normalized spacial score (nSPS) is 46.9. The first kappa shape index (κ1) is 3.08. The van der Waals surface area contributed by atoms with E-state index in [1.165, 1.54) is 12.8 Å². The van der Waals surface area contributed by atoms with Gasteiger partial charge in [-0.2, -0.15) is 0 Å². The molecule has 40 valence electrons. The van der Waals surface area contributed by atoms with Crippen LogP contribution in [0.15, 0.2) is 0 Å². The lowest BCUT2D eigenvalue weighted by Crippen LogP contribution is -2.08. The lowest BCUT2D eigenvalue weighted by molar-refractivity contribution is 0.574. The van der Waals surface area contributed by atoms with E-state index < -0.39 is 0 Å². The van der Waals surface area contributed by atoms with Gasteiger partial charge in [-0.15, -0.1) is 0 Å². The molecule has 1 aliphatic heterocycles. The largest absolute Gasteiger partial charge is 0.316 e. The van der Waals surface area contributed by atoms with Gasteiger partial charge < -0.3 is 5.32 Å². The molecule has 0 amide bonds. The predicted molar refractivity (Wildman–Crippen MR) is 29.2 cm³/mol. The Morgan fingerprint density at radius 3 is 2.57 bits per heavy atom. The van der Waals surface area contributed by atoms with Crippen molar-refractivity contribution >= 4 is 0 Å². The SMILES string of the molecule is [2H]C1CC2(CC2)CN1. The third-order valence-electron chi connectivity index (χ3n) is 2.11. The van der Waals surface area contributed by atoms with Gasteiger partial charge in [0.1, 0.15) is 0 Å². The van der Waals surface area contributed by atoms with E-state index in [0.29, 0.717) is 5.41 Å². The van der Waals surface area contributed by atoms with Crippen LogP contribution in [-0.4, -0.2) is 13.1 Å². The average Bonchev–Trinajstić information content (AvgIpc) is 2.34. The molecule has 1 saturated heterocycles. The van der Waals surface area contributed by atoms with Crippen LogP contribution in [0.1, 0.15) is 20.6 Å². The summed E-state index contributed by atoms with van der Waals surface area (Å²) in [5, 5.41) is 3.14. The second-order valence-corrected chi connectivity index (χ2v) is 2.79. The highest BCUT2D eigenvalue weighted by Gasteiger charge is 2.44. The van der Waals surface area contributed by atoms with Crippen molar-refractivity contribution in [1.29, 1.82) is 0 Å². The van der Waals surface area contributed by atoms with Gasteiger partial charge in [0.05, 0.1) is 0 Å². The highest BCUT2D eigenvalue weighted by Crippen LogP contribution is 2.49. The third kappa shape index (κ3) is 0.480. The van der Waals surface area contributed by atoms with E-state index in [9.17, 15) is 0 Å². The molecule has 1 heterocycles. The molecule has 1 N–H and O–H groups in total. The average molecular weight is 98.2 g/mol. The summed E-state index contributed by atoms with van der Waals surface area (Å²) in [5.41, 5.74) is 0.617. The van der Waals surface area contributed by atoms with Gasteiger partial charge in [-0.1, -0.05) is 0 Å². The first-order valence-corrected chi connectivity index (χ1v) is 2.96. The van der Waals surface area contributed by atoms with Crippen LogP contribution in [0.2, 0.25) is 0 Å². The number of hydrogen-bond donors (Lipinski definition) is 1. The van der Waals surface area contributed by atoms with Crippen molar-refractivity contribution in [2.45, 2.75) is 19.3 Å². The molecule has 0 aromatic rings. The molecule has 1 aliphatic carbocycles. The summed E-state index contributed by atoms with van der Waals surface area (Å²) in [7, 11) is 0. The zero-order valence-corrected chi connectivity index (χ0v) is 4.41. The van der Waals surface area contributed by atoms with Gasteiger partial charge in [-0.25, -0.2) is 0 Å². The van der Waals surface area contributed by atoms with Crippen LogP contribution in [0.25, 0.3) is 0 Å². The molecule has 1 atom stereocenters. The second-order valence-electron chi connectivity index (χ2n) is 2.79. The minimum Gasteiger partial charge on any atom is -0.316 e. The smallest absolute Gasteiger partial charge is 0.0428 e. The molecule has 1 unspecified atom stereocenters. The standard InChI is InChI=1S/C6H11N/c1-2-6(1)3-4-7-5-6/h7H,1-5H2/i4D. The molecule has 0 radical (unpaired) electrons. The van der Waals surface area contributed by atoms with Gasteiger partial charge in [0, 0.05) is 7.92 Å². The third-order valence-corrected chi connectivity index (χ3v) is 2.11. The van der Waals surface area contributed by atoms with Crippen LogP contribution in [0, 0.1) is 5.41 Å². The molecular weight excluding hydrogens is 86.1 g/mol. The van der Waals surface area contributed by atoms with Crippen molar-refractivity contribution in [2.24, 2.45) is 5.41 Å². The van der Waals surface area contributed by atoms with Gasteiger partial charge in [0.2, 0.25) is 0 Å². The predicted octanol–water partition coefficient (Wildman–Crippen LogP) is 0.760. The summed E-state index contributed by atoms with van der Waals surface area (Å²) >= 11 is 0. The van der Waals surface area contributed by atoms with Crippen LogP contribution in [0.5, 0.6) is 0 Å². The maximum Gasteiger partial charge on any atom is 0.0428 e. The quantitative estimate of drug-likeness (QED) is 0.471. The van der Waals surface area contributed by atoms with Gasteiger partial charge >= 0.3 is 0 Å². The molecule has 7 heavy (non-hydrogen) atoms. The highest BCUT2D eigenvalue weighted by molar-refractivity contribution is 4.98. The van der Waals surface area contributed by atoms with Crippen molar-refractivity contribution in [2.75, 3.05) is 13.1 Å². The Hall–Kier alpha value is -0.0400. The fraction of sp³-hybridized carbons (Fsp3) is 1.00. The molecule has 0 bridgehead atoms. The zero-order valence-electron chi connectivity index (χ0n) is 5.41.